The Labute approximate surface area is 308 Å². The molecule has 2 atom stereocenters. The molecule has 0 N–H and O–H groups in total. The summed E-state index contributed by atoms with van der Waals surface area (Å²) < 4.78 is 6.85. The summed E-state index contributed by atoms with van der Waals surface area (Å²) in [4.78, 5) is 17.9. The Kier molecular flexibility index (Phi) is 6.36. The van der Waals surface area contributed by atoms with Gasteiger partial charge in [-0.25, -0.2) is 15.0 Å². The Hall–Kier alpha value is -6.59. The van der Waals surface area contributed by atoms with Gasteiger partial charge in [0, 0.05) is 44.8 Å². The molecule has 6 aromatic carbocycles. The van der Waals surface area contributed by atoms with Gasteiger partial charge >= 0.3 is 0 Å². The minimum absolute atomic E-state index is 0.107. The molecule has 0 saturated heterocycles. The van der Waals surface area contributed by atoms with Crippen LogP contribution in [0.1, 0.15) is 47.8 Å². The van der Waals surface area contributed by atoms with E-state index in [-0.39, 0.29) is 17.4 Å². The fourth-order valence-electron chi connectivity index (χ4n) is 9.04. The molecule has 0 fully saturated rings. The van der Waals surface area contributed by atoms with Gasteiger partial charge in [-0.05, 0) is 64.2 Å². The van der Waals surface area contributed by atoms with Crippen molar-refractivity contribution in [3.05, 3.63) is 180 Å². The first kappa shape index (κ1) is 30.1. The Morgan fingerprint density at radius 2 is 1.26 bits per heavy atom. The van der Waals surface area contributed by atoms with Crippen LogP contribution in [-0.4, -0.2) is 21.0 Å². The molecule has 3 aliphatic rings. The summed E-state index contributed by atoms with van der Waals surface area (Å²) in [6.07, 6.45) is 4.45. The smallest absolute Gasteiger partial charge is 0.167 e. The van der Waals surface area contributed by atoms with E-state index in [2.05, 4.69) is 158 Å². The Morgan fingerprint density at radius 3 is 2.11 bits per heavy atom. The Morgan fingerprint density at radius 1 is 0.585 bits per heavy atom. The lowest BCUT2D eigenvalue weighted by molar-refractivity contribution is 0.584. The van der Waals surface area contributed by atoms with Crippen LogP contribution in [0, 0.1) is 0 Å². The second kappa shape index (κ2) is 11.2. The van der Waals surface area contributed by atoms with Crippen molar-refractivity contribution in [2.24, 2.45) is 0 Å². The van der Waals surface area contributed by atoms with E-state index in [1.165, 1.54) is 44.8 Å². The zero-order chi connectivity index (χ0) is 35.3. The molecule has 11 rings (SSSR count). The summed E-state index contributed by atoms with van der Waals surface area (Å²) in [7, 11) is 0. The van der Waals surface area contributed by atoms with Gasteiger partial charge in [-0.3, -0.25) is 0 Å². The van der Waals surface area contributed by atoms with Crippen LogP contribution in [0.25, 0.3) is 62.3 Å². The fourth-order valence-corrected chi connectivity index (χ4v) is 9.04. The summed E-state index contributed by atoms with van der Waals surface area (Å²) in [6.45, 7) is 4.60. The lowest BCUT2D eigenvalue weighted by atomic mass is 9.82. The minimum atomic E-state index is -0.140. The predicted molar refractivity (Wildman–Crippen MR) is 213 cm³/mol. The topological polar surface area (TPSA) is 55.1 Å². The highest BCUT2D eigenvalue weighted by Crippen LogP contribution is 2.54. The van der Waals surface area contributed by atoms with Gasteiger partial charge in [0.25, 0.3) is 0 Å². The lowest BCUT2D eigenvalue weighted by Crippen LogP contribution is -2.30. The highest BCUT2D eigenvalue weighted by atomic mass is 16.3. The van der Waals surface area contributed by atoms with Crippen molar-refractivity contribution >= 4 is 28.4 Å². The monoisotopic (exact) mass is 682 g/mol. The molecule has 2 unspecified atom stereocenters. The van der Waals surface area contributed by atoms with Gasteiger partial charge in [-0.15, -0.1) is 0 Å². The number of anilines is 2. The highest BCUT2D eigenvalue weighted by Gasteiger charge is 2.43. The summed E-state index contributed by atoms with van der Waals surface area (Å²) in [5, 5.41) is 1.09. The SMILES string of the molecule is CC1(C)c2ccccc2-c2ccc(-c3nc(-c4ccccc4)nc(-c4cccc5c6c(oc45)C=CC4C6c5ccccc5N4c4ccccc4)n3)cc21. The fraction of sp³-hybridized carbons (Fsp3) is 0.104. The molecule has 8 aromatic rings. The van der Waals surface area contributed by atoms with Crippen molar-refractivity contribution in [2.75, 3.05) is 4.90 Å². The maximum absolute atomic E-state index is 6.85. The van der Waals surface area contributed by atoms with Crippen LogP contribution in [0.5, 0.6) is 0 Å². The standard InChI is InChI=1S/C48H34N4O/c1-48(2)37-22-11-9-18-32(37)33-25-24-30(28-38(33)48)46-49-45(29-14-5-3-6-15-29)50-47(51-46)36-21-13-20-35-43-41(53-44(35)36)27-26-40-42(43)34-19-10-12-23-39(34)52(40)31-16-7-4-8-17-31/h3-28,40,42H,1-2H3. The highest BCUT2D eigenvalue weighted by molar-refractivity contribution is 5.97. The van der Waals surface area contributed by atoms with Crippen LogP contribution in [-0.2, 0) is 5.41 Å². The summed E-state index contributed by atoms with van der Waals surface area (Å²) in [6, 6.07) is 51.5. The van der Waals surface area contributed by atoms with Gasteiger partial charge in [0.1, 0.15) is 11.3 Å². The molecule has 1 aliphatic heterocycles. The zero-order valence-electron chi connectivity index (χ0n) is 29.4. The molecule has 3 heterocycles. The molecule has 2 aromatic heterocycles. The maximum Gasteiger partial charge on any atom is 0.167 e. The molecular formula is C48H34N4O. The first-order valence-electron chi connectivity index (χ1n) is 18.3. The third-order valence-corrected chi connectivity index (χ3v) is 11.5. The van der Waals surface area contributed by atoms with Gasteiger partial charge in [-0.1, -0.05) is 135 Å². The third kappa shape index (κ3) is 4.40. The number of nitrogens with zero attached hydrogens (tertiary/aromatic N) is 4. The average molecular weight is 683 g/mol. The lowest BCUT2D eigenvalue weighted by Gasteiger charge is -2.30. The van der Waals surface area contributed by atoms with Crippen molar-refractivity contribution in [2.45, 2.75) is 31.2 Å². The second-order valence-corrected chi connectivity index (χ2v) is 14.8. The molecule has 0 radical (unpaired) electrons. The van der Waals surface area contributed by atoms with E-state index in [1.54, 1.807) is 0 Å². The van der Waals surface area contributed by atoms with Crippen LogP contribution in [0.4, 0.5) is 11.4 Å². The summed E-state index contributed by atoms with van der Waals surface area (Å²) in [5.74, 6) is 2.85. The second-order valence-electron chi connectivity index (χ2n) is 14.8. The van der Waals surface area contributed by atoms with E-state index in [9.17, 15) is 0 Å². The van der Waals surface area contributed by atoms with Crippen molar-refractivity contribution < 1.29 is 4.42 Å². The van der Waals surface area contributed by atoms with E-state index < -0.39 is 0 Å². The molecule has 53 heavy (non-hydrogen) atoms. The summed E-state index contributed by atoms with van der Waals surface area (Å²) >= 11 is 0. The number of aromatic nitrogens is 3. The number of furan rings is 1. The van der Waals surface area contributed by atoms with Crippen molar-refractivity contribution in [3.8, 4) is 45.3 Å². The first-order chi connectivity index (χ1) is 26.0. The van der Waals surface area contributed by atoms with Crippen LogP contribution < -0.4 is 4.90 Å². The van der Waals surface area contributed by atoms with Gasteiger partial charge in [0.2, 0.25) is 0 Å². The number of hydrogen-bond acceptors (Lipinski definition) is 5. The van der Waals surface area contributed by atoms with Gasteiger partial charge < -0.3 is 9.32 Å². The van der Waals surface area contributed by atoms with E-state index in [1.807, 2.05) is 18.2 Å². The molecule has 252 valence electrons. The number of fused-ring (bicyclic) bond motifs is 10. The van der Waals surface area contributed by atoms with Crippen LogP contribution in [0.3, 0.4) is 0 Å². The molecule has 5 heteroatoms. The summed E-state index contributed by atoms with van der Waals surface area (Å²) in [5.41, 5.74) is 13.5. The minimum Gasteiger partial charge on any atom is -0.456 e. The molecule has 0 spiro atoms. The molecule has 5 nitrogen and oxygen atoms in total. The molecule has 0 saturated carbocycles. The van der Waals surface area contributed by atoms with Crippen LogP contribution in [0.15, 0.2) is 156 Å². The van der Waals surface area contributed by atoms with Crippen molar-refractivity contribution in [1.82, 2.24) is 15.0 Å². The first-order valence-corrected chi connectivity index (χ1v) is 18.3. The van der Waals surface area contributed by atoms with E-state index in [0.29, 0.717) is 17.5 Å². The van der Waals surface area contributed by atoms with Crippen LogP contribution in [0.2, 0.25) is 0 Å². The molecule has 2 aliphatic carbocycles. The average Bonchev–Trinajstić information content (AvgIpc) is 3.84. The Bertz CT molecular complexity index is 2780. The van der Waals surface area contributed by atoms with Gasteiger partial charge in [-0.2, -0.15) is 0 Å². The number of benzene rings is 6. The van der Waals surface area contributed by atoms with Crippen molar-refractivity contribution in [3.63, 3.8) is 0 Å². The van der Waals surface area contributed by atoms with Crippen molar-refractivity contribution in [1.29, 1.82) is 0 Å². The number of para-hydroxylation sites is 3. The maximum atomic E-state index is 6.85. The molecule has 0 amide bonds. The quantitative estimate of drug-likeness (QED) is 0.185. The van der Waals surface area contributed by atoms with Gasteiger partial charge in [0.15, 0.2) is 17.5 Å². The zero-order valence-corrected chi connectivity index (χ0v) is 29.4. The Balaban J connectivity index is 1.08. The van der Waals surface area contributed by atoms with E-state index >= 15 is 0 Å². The largest absolute Gasteiger partial charge is 0.456 e. The van der Waals surface area contributed by atoms with E-state index in [0.717, 1.165) is 33.4 Å². The number of hydrogen-bond donors (Lipinski definition) is 0. The van der Waals surface area contributed by atoms with E-state index in [4.69, 9.17) is 19.4 Å². The molecular weight excluding hydrogens is 649 g/mol. The number of rotatable bonds is 4. The molecule has 0 bridgehead atoms. The van der Waals surface area contributed by atoms with Crippen LogP contribution >= 0.6 is 0 Å². The normalized spacial score (nSPS) is 17.3. The van der Waals surface area contributed by atoms with Gasteiger partial charge in [0.05, 0.1) is 11.6 Å². The predicted octanol–water partition coefficient (Wildman–Crippen LogP) is 11.6. The third-order valence-electron chi connectivity index (χ3n) is 11.5.